The molecule has 0 bridgehead atoms. The van der Waals surface area contributed by atoms with Gasteiger partial charge in [-0.2, -0.15) is 0 Å². The molecule has 15 heavy (non-hydrogen) atoms. The fraction of sp³-hybridized carbons (Fsp3) is 0.750. The molecule has 84 valence electrons. The molecule has 0 unspecified atom stereocenters. The van der Waals surface area contributed by atoms with Gasteiger partial charge in [-0.3, -0.25) is 0 Å². The van der Waals surface area contributed by atoms with E-state index in [1.807, 2.05) is 0 Å². The topological polar surface area (TPSA) is 74.1 Å². The van der Waals surface area contributed by atoms with E-state index in [1.165, 1.54) is 10.9 Å². The van der Waals surface area contributed by atoms with E-state index in [2.05, 4.69) is 10.2 Å². The normalized spacial score (nSPS) is 22.1. The Hall–Kier alpha value is -0.950. The van der Waals surface area contributed by atoms with Gasteiger partial charge in [-0.15, -0.1) is 10.2 Å². The molecule has 1 saturated heterocycles. The summed E-state index contributed by atoms with van der Waals surface area (Å²) in [7, 11) is -1.75. The minimum atomic E-state index is -3.37. The molecular formula is C8H13N3O3S. The quantitative estimate of drug-likeness (QED) is 0.718. The van der Waals surface area contributed by atoms with Crippen molar-refractivity contribution in [3.8, 4) is 0 Å². The molecular weight excluding hydrogens is 218 g/mol. The highest BCUT2D eigenvalue weighted by atomic mass is 32.2. The highest BCUT2D eigenvalue weighted by molar-refractivity contribution is 7.91. The molecule has 1 aliphatic rings. The van der Waals surface area contributed by atoms with E-state index in [1.54, 1.807) is 7.05 Å². The molecule has 1 aliphatic heterocycles. The average molecular weight is 231 g/mol. The van der Waals surface area contributed by atoms with Crippen LogP contribution < -0.4 is 0 Å². The molecule has 1 fully saturated rings. The van der Waals surface area contributed by atoms with Gasteiger partial charge in [-0.1, -0.05) is 0 Å². The summed E-state index contributed by atoms with van der Waals surface area (Å²) < 4.78 is 30.4. The first-order valence-electron chi connectivity index (χ1n) is 4.78. The van der Waals surface area contributed by atoms with Crippen LogP contribution in [0, 0.1) is 0 Å². The Morgan fingerprint density at radius 2 is 2.47 bits per heavy atom. The molecule has 0 radical (unpaired) electrons. The number of aromatic nitrogens is 3. The van der Waals surface area contributed by atoms with Gasteiger partial charge in [-0.05, 0) is 12.8 Å². The summed E-state index contributed by atoms with van der Waals surface area (Å²) in [5, 5.41) is 7.17. The Morgan fingerprint density at radius 1 is 1.67 bits per heavy atom. The van der Waals surface area contributed by atoms with Crippen LogP contribution in [0.25, 0.3) is 0 Å². The van der Waals surface area contributed by atoms with E-state index in [-0.39, 0.29) is 17.0 Å². The number of nitrogens with zero attached hydrogens (tertiary/aromatic N) is 3. The second kappa shape index (κ2) is 3.90. The van der Waals surface area contributed by atoms with Crippen molar-refractivity contribution in [2.24, 2.45) is 7.05 Å². The maximum absolute atomic E-state index is 11.9. The molecule has 6 nitrogen and oxygen atoms in total. The summed E-state index contributed by atoms with van der Waals surface area (Å²) in [6.45, 7) is 0.652. The van der Waals surface area contributed by atoms with Gasteiger partial charge in [0.05, 0.1) is 11.9 Å². The van der Waals surface area contributed by atoms with Crippen LogP contribution in [0.3, 0.4) is 0 Å². The highest BCUT2D eigenvalue weighted by Gasteiger charge is 2.27. The lowest BCUT2D eigenvalue weighted by Gasteiger charge is -2.08. The number of hydrogen-bond donors (Lipinski definition) is 0. The summed E-state index contributed by atoms with van der Waals surface area (Å²) in [6.07, 6.45) is 2.92. The molecule has 0 aromatic carbocycles. The van der Waals surface area contributed by atoms with Crippen LogP contribution in [0.4, 0.5) is 0 Å². The Balaban J connectivity index is 2.16. The zero-order valence-electron chi connectivity index (χ0n) is 8.46. The van der Waals surface area contributed by atoms with Gasteiger partial charge in [0.1, 0.15) is 6.33 Å². The van der Waals surface area contributed by atoms with Crippen LogP contribution in [-0.4, -0.2) is 41.6 Å². The van der Waals surface area contributed by atoms with Crippen LogP contribution >= 0.6 is 0 Å². The Labute approximate surface area is 88.2 Å². The third-order valence-corrected chi connectivity index (χ3v) is 4.11. The number of sulfone groups is 1. The lowest BCUT2D eigenvalue weighted by molar-refractivity contribution is 0.127. The fourth-order valence-electron chi connectivity index (χ4n) is 1.65. The van der Waals surface area contributed by atoms with E-state index in [4.69, 9.17) is 4.74 Å². The number of aryl methyl sites for hydroxylation is 1. The second-order valence-electron chi connectivity index (χ2n) is 3.64. The monoisotopic (exact) mass is 231 g/mol. The van der Waals surface area contributed by atoms with Crippen molar-refractivity contribution in [1.29, 1.82) is 0 Å². The third kappa shape index (κ3) is 2.18. The van der Waals surface area contributed by atoms with Gasteiger partial charge in [0.15, 0.2) is 0 Å². The molecule has 0 amide bonds. The van der Waals surface area contributed by atoms with Gasteiger partial charge in [0, 0.05) is 13.7 Å². The molecule has 1 atom stereocenters. The van der Waals surface area contributed by atoms with Crippen LogP contribution in [0.15, 0.2) is 11.5 Å². The maximum Gasteiger partial charge on any atom is 0.249 e. The Morgan fingerprint density at radius 3 is 3.00 bits per heavy atom. The largest absolute Gasteiger partial charge is 0.377 e. The molecule has 0 N–H and O–H groups in total. The van der Waals surface area contributed by atoms with E-state index >= 15 is 0 Å². The minimum absolute atomic E-state index is 0.000463. The van der Waals surface area contributed by atoms with Crippen molar-refractivity contribution in [2.45, 2.75) is 24.1 Å². The summed E-state index contributed by atoms with van der Waals surface area (Å²) >= 11 is 0. The lowest BCUT2D eigenvalue weighted by Crippen LogP contribution is -2.22. The molecule has 7 heteroatoms. The van der Waals surface area contributed by atoms with Crippen molar-refractivity contribution < 1.29 is 13.2 Å². The summed E-state index contributed by atoms with van der Waals surface area (Å²) in [6, 6.07) is 0. The van der Waals surface area contributed by atoms with Crippen molar-refractivity contribution in [1.82, 2.24) is 14.8 Å². The van der Waals surface area contributed by atoms with Crippen LogP contribution in [-0.2, 0) is 21.6 Å². The predicted molar refractivity (Wildman–Crippen MR) is 52.0 cm³/mol. The van der Waals surface area contributed by atoms with Crippen molar-refractivity contribution >= 4 is 9.84 Å². The first-order chi connectivity index (χ1) is 7.09. The molecule has 1 aromatic heterocycles. The Kier molecular flexibility index (Phi) is 2.74. The lowest BCUT2D eigenvalue weighted by atomic mass is 10.3. The van der Waals surface area contributed by atoms with Crippen LogP contribution in [0.1, 0.15) is 12.8 Å². The SMILES string of the molecule is Cn1cnnc1S(=O)(=O)C[C@H]1CCCO1. The van der Waals surface area contributed by atoms with Crippen LogP contribution in [0.2, 0.25) is 0 Å². The molecule has 1 aromatic rings. The standard InChI is InChI=1S/C8H13N3O3S/c1-11-6-9-10-8(11)15(12,13)5-7-3-2-4-14-7/h6-7H,2-5H2,1H3/t7-/m1/s1. The smallest absolute Gasteiger partial charge is 0.249 e. The van der Waals surface area contributed by atoms with Crippen molar-refractivity contribution in [2.75, 3.05) is 12.4 Å². The Bertz CT molecular complexity index is 434. The first kappa shape index (κ1) is 10.6. The second-order valence-corrected chi connectivity index (χ2v) is 5.57. The molecule has 0 aliphatic carbocycles. The predicted octanol–water partition coefficient (Wildman–Crippen LogP) is -0.232. The van der Waals surface area contributed by atoms with Gasteiger partial charge in [0.25, 0.3) is 0 Å². The van der Waals surface area contributed by atoms with Crippen LogP contribution in [0.5, 0.6) is 0 Å². The summed E-state index contributed by atoms with van der Waals surface area (Å²) in [4.78, 5) is 0. The highest BCUT2D eigenvalue weighted by Crippen LogP contribution is 2.17. The number of ether oxygens (including phenoxy) is 1. The van der Waals surface area contributed by atoms with Gasteiger partial charge >= 0.3 is 0 Å². The average Bonchev–Trinajstić information content (AvgIpc) is 2.75. The van der Waals surface area contributed by atoms with E-state index in [9.17, 15) is 8.42 Å². The van der Waals surface area contributed by atoms with Gasteiger partial charge in [-0.25, -0.2) is 8.42 Å². The van der Waals surface area contributed by atoms with E-state index in [0.717, 1.165) is 12.8 Å². The molecule has 0 spiro atoms. The third-order valence-electron chi connectivity index (χ3n) is 2.38. The molecule has 2 heterocycles. The maximum atomic E-state index is 11.9. The van der Waals surface area contributed by atoms with E-state index < -0.39 is 9.84 Å². The zero-order valence-corrected chi connectivity index (χ0v) is 9.27. The minimum Gasteiger partial charge on any atom is -0.377 e. The zero-order chi connectivity index (χ0) is 10.9. The number of rotatable bonds is 3. The van der Waals surface area contributed by atoms with Gasteiger partial charge < -0.3 is 9.30 Å². The van der Waals surface area contributed by atoms with Crippen molar-refractivity contribution in [3.63, 3.8) is 0 Å². The summed E-state index contributed by atoms with van der Waals surface area (Å²) in [5.41, 5.74) is 0. The molecule has 2 rings (SSSR count). The fourth-order valence-corrected chi connectivity index (χ4v) is 3.21. The van der Waals surface area contributed by atoms with E-state index in [0.29, 0.717) is 6.61 Å². The number of hydrogen-bond acceptors (Lipinski definition) is 5. The van der Waals surface area contributed by atoms with Gasteiger partial charge in [0.2, 0.25) is 15.0 Å². The summed E-state index contributed by atoms with van der Waals surface area (Å²) in [5.74, 6) is -0.000463. The molecule has 0 saturated carbocycles. The first-order valence-corrected chi connectivity index (χ1v) is 6.43. The van der Waals surface area contributed by atoms with Crippen molar-refractivity contribution in [3.05, 3.63) is 6.33 Å².